The topological polar surface area (TPSA) is 44.8 Å². The average Bonchev–Trinajstić information content (AvgIpc) is 2.41. The number of carbonyl (C=O) groups excluding carboxylic acids is 1. The molecule has 0 aliphatic rings. The normalized spacial score (nSPS) is 9.79. The van der Waals surface area contributed by atoms with Gasteiger partial charge in [-0.05, 0) is 36.4 Å². The number of benzene rings is 2. The number of hydrogen-bond donors (Lipinski definition) is 0. The number of rotatable bonds is 4. The van der Waals surface area contributed by atoms with Crippen molar-refractivity contribution in [1.82, 2.24) is 0 Å². The minimum atomic E-state index is -0.346. The first-order valence-corrected chi connectivity index (χ1v) is 5.78. The van der Waals surface area contributed by atoms with E-state index >= 15 is 0 Å². The smallest absolute Gasteiger partial charge is 0.308 e. The van der Waals surface area contributed by atoms with Crippen LogP contribution in [0.4, 0.5) is 0 Å². The lowest BCUT2D eigenvalue weighted by atomic mass is 10.3. The zero-order valence-electron chi connectivity index (χ0n) is 10.8. The highest BCUT2D eigenvalue weighted by molar-refractivity contribution is 5.69. The van der Waals surface area contributed by atoms with Crippen molar-refractivity contribution in [1.29, 1.82) is 0 Å². The second kappa shape index (κ2) is 5.91. The summed E-state index contributed by atoms with van der Waals surface area (Å²) in [6.45, 7) is 1.36. The van der Waals surface area contributed by atoms with Crippen molar-refractivity contribution in [2.45, 2.75) is 6.92 Å². The highest BCUT2D eigenvalue weighted by Gasteiger charge is 2.01. The van der Waals surface area contributed by atoms with E-state index in [1.807, 2.05) is 18.2 Å². The Kier molecular flexibility index (Phi) is 4.03. The molecule has 0 heterocycles. The van der Waals surface area contributed by atoms with Crippen molar-refractivity contribution in [2.75, 3.05) is 7.11 Å². The van der Waals surface area contributed by atoms with E-state index in [9.17, 15) is 4.79 Å². The molecule has 0 bridgehead atoms. The molecule has 0 unspecified atom stereocenters. The minimum Gasteiger partial charge on any atom is -0.497 e. The van der Waals surface area contributed by atoms with Gasteiger partial charge in [0.15, 0.2) is 0 Å². The molecule has 98 valence electrons. The summed E-state index contributed by atoms with van der Waals surface area (Å²) in [5.74, 6) is 2.21. The summed E-state index contributed by atoms with van der Waals surface area (Å²) in [5, 5.41) is 0. The quantitative estimate of drug-likeness (QED) is 0.622. The first-order chi connectivity index (χ1) is 9.17. The predicted octanol–water partition coefficient (Wildman–Crippen LogP) is 3.41. The van der Waals surface area contributed by atoms with Crippen LogP contribution in [0.5, 0.6) is 23.0 Å². The molecule has 19 heavy (non-hydrogen) atoms. The molecule has 0 aliphatic heterocycles. The molecular weight excluding hydrogens is 244 g/mol. The molecule has 4 heteroatoms. The Morgan fingerprint density at radius 3 is 2.16 bits per heavy atom. The molecule has 0 N–H and O–H groups in total. The van der Waals surface area contributed by atoms with Crippen LogP contribution >= 0.6 is 0 Å². The lowest BCUT2D eigenvalue weighted by Crippen LogP contribution is -2.00. The molecule has 0 aromatic heterocycles. The molecule has 0 atom stereocenters. The summed E-state index contributed by atoms with van der Waals surface area (Å²) < 4.78 is 15.7. The van der Waals surface area contributed by atoms with Gasteiger partial charge in [-0.25, -0.2) is 0 Å². The molecule has 2 rings (SSSR count). The highest BCUT2D eigenvalue weighted by atomic mass is 16.5. The van der Waals surface area contributed by atoms with E-state index in [4.69, 9.17) is 14.2 Å². The van der Waals surface area contributed by atoms with E-state index < -0.39 is 0 Å². The second-order valence-electron chi connectivity index (χ2n) is 3.85. The third kappa shape index (κ3) is 3.74. The number of hydrogen-bond acceptors (Lipinski definition) is 4. The Labute approximate surface area is 111 Å². The lowest BCUT2D eigenvalue weighted by molar-refractivity contribution is -0.131. The van der Waals surface area contributed by atoms with Gasteiger partial charge in [0, 0.05) is 13.0 Å². The lowest BCUT2D eigenvalue weighted by Gasteiger charge is -2.08. The first kappa shape index (κ1) is 13.0. The molecule has 0 aliphatic carbocycles. The van der Waals surface area contributed by atoms with Gasteiger partial charge < -0.3 is 14.2 Å². The van der Waals surface area contributed by atoms with Gasteiger partial charge in [0.25, 0.3) is 0 Å². The Bertz CT molecular complexity index is 561. The van der Waals surface area contributed by atoms with Gasteiger partial charge in [-0.2, -0.15) is 0 Å². The molecule has 4 nitrogen and oxygen atoms in total. The van der Waals surface area contributed by atoms with Crippen molar-refractivity contribution in [3.8, 4) is 23.0 Å². The monoisotopic (exact) mass is 258 g/mol. The molecule has 2 aromatic rings. The fourth-order valence-corrected chi connectivity index (χ4v) is 1.54. The SMILES string of the molecule is COc1cccc(Oc2ccc(OC(C)=O)cc2)c1. The molecule has 0 saturated heterocycles. The Morgan fingerprint density at radius 1 is 0.895 bits per heavy atom. The maximum atomic E-state index is 10.8. The van der Waals surface area contributed by atoms with Gasteiger partial charge in [0.05, 0.1) is 7.11 Å². The molecule has 0 radical (unpaired) electrons. The average molecular weight is 258 g/mol. The van der Waals surface area contributed by atoms with Crippen molar-refractivity contribution in [2.24, 2.45) is 0 Å². The fourth-order valence-electron chi connectivity index (χ4n) is 1.54. The van der Waals surface area contributed by atoms with Gasteiger partial charge in [-0.1, -0.05) is 6.07 Å². The summed E-state index contributed by atoms with van der Waals surface area (Å²) >= 11 is 0. The minimum absolute atomic E-state index is 0.346. The van der Waals surface area contributed by atoms with Crippen molar-refractivity contribution in [3.63, 3.8) is 0 Å². The van der Waals surface area contributed by atoms with Crippen LogP contribution in [-0.2, 0) is 4.79 Å². The summed E-state index contributed by atoms with van der Waals surface area (Å²) in [7, 11) is 1.60. The van der Waals surface area contributed by atoms with Crippen LogP contribution in [0, 0.1) is 0 Å². The van der Waals surface area contributed by atoms with E-state index in [2.05, 4.69) is 0 Å². The molecular formula is C15H14O4. The number of methoxy groups -OCH3 is 1. The number of ether oxygens (including phenoxy) is 3. The molecule has 2 aromatic carbocycles. The fraction of sp³-hybridized carbons (Fsp3) is 0.133. The molecule has 0 fully saturated rings. The second-order valence-corrected chi connectivity index (χ2v) is 3.85. The van der Waals surface area contributed by atoms with Crippen molar-refractivity contribution in [3.05, 3.63) is 48.5 Å². The van der Waals surface area contributed by atoms with Crippen LogP contribution in [0.3, 0.4) is 0 Å². The summed E-state index contributed by atoms with van der Waals surface area (Å²) in [6, 6.07) is 14.1. The van der Waals surface area contributed by atoms with Crippen LogP contribution in [-0.4, -0.2) is 13.1 Å². The number of esters is 1. The summed E-state index contributed by atoms with van der Waals surface area (Å²) in [6.07, 6.45) is 0. The van der Waals surface area contributed by atoms with Crippen LogP contribution in [0.15, 0.2) is 48.5 Å². The van der Waals surface area contributed by atoms with Gasteiger partial charge in [0.2, 0.25) is 0 Å². The predicted molar refractivity (Wildman–Crippen MR) is 70.8 cm³/mol. The van der Waals surface area contributed by atoms with Crippen molar-refractivity contribution >= 4 is 5.97 Å². The third-order valence-electron chi connectivity index (χ3n) is 2.36. The standard InChI is InChI=1S/C15H14O4/c1-11(16)18-12-6-8-13(9-7-12)19-15-5-3-4-14(10-15)17-2/h3-10H,1-2H3. The molecule has 0 saturated carbocycles. The van der Waals surface area contributed by atoms with Crippen LogP contribution in [0.1, 0.15) is 6.92 Å². The first-order valence-electron chi connectivity index (χ1n) is 5.78. The number of carbonyl (C=O) groups is 1. The van der Waals surface area contributed by atoms with E-state index in [1.54, 1.807) is 37.4 Å². The Morgan fingerprint density at radius 2 is 1.53 bits per heavy atom. The Balaban J connectivity index is 2.08. The van der Waals surface area contributed by atoms with Crippen LogP contribution in [0.25, 0.3) is 0 Å². The van der Waals surface area contributed by atoms with E-state index in [-0.39, 0.29) is 5.97 Å². The van der Waals surface area contributed by atoms with E-state index in [0.29, 0.717) is 17.2 Å². The summed E-state index contributed by atoms with van der Waals surface area (Å²) in [5.41, 5.74) is 0. The van der Waals surface area contributed by atoms with Gasteiger partial charge in [-0.3, -0.25) is 4.79 Å². The largest absolute Gasteiger partial charge is 0.497 e. The maximum Gasteiger partial charge on any atom is 0.308 e. The van der Waals surface area contributed by atoms with Crippen LogP contribution in [0.2, 0.25) is 0 Å². The maximum absolute atomic E-state index is 10.8. The summed E-state index contributed by atoms with van der Waals surface area (Å²) in [4.78, 5) is 10.8. The van der Waals surface area contributed by atoms with Gasteiger partial charge in [-0.15, -0.1) is 0 Å². The van der Waals surface area contributed by atoms with Gasteiger partial charge in [0.1, 0.15) is 23.0 Å². The highest BCUT2D eigenvalue weighted by Crippen LogP contribution is 2.26. The zero-order chi connectivity index (χ0) is 13.7. The van der Waals surface area contributed by atoms with E-state index in [1.165, 1.54) is 6.92 Å². The van der Waals surface area contributed by atoms with Crippen LogP contribution < -0.4 is 14.2 Å². The van der Waals surface area contributed by atoms with Crippen molar-refractivity contribution < 1.29 is 19.0 Å². The zero-order valence-corrected chi connectivity index (χ0v) is 10.8. The Hall–Kier alpha value is -2.49. The molecule has 0 spiro atoms. The van der Waals surface area contributed by atoms with E-state index in [0.717, 1.165) is 5.75 Å². The molecule has 0 amide bonds. The third-order valence-corrected chi connectivity index (χ3v) is 2.36. The van der Waals surface area contributed by atoms with Gasteiger partial charge >= 0.3 is 5.97 Å².